The number of nitrogens with one attached hydrogen (secondary N) is 3. The van der Waals surface area contributed by atoms with Crippen molar-refractivity contribution in [3.63, 3.8) is 0 Å². The summed E-state index contributed by atoms with van der Waals surface area (Å²) in [4.78, 5) is 19.5. The standard InChI is InChI=1S/C15H17Cl2N5O/c1-9-8-20-15(21-11-3-4-12(16)13(17)7-11)22-14(9)19-6-5-18-10(2)23/h3-4,7-8H,5-6H2,1-2H3,(H,18,23)(H2,19,20,21,22). The Bertz CT molecular complexity index is 708. The van der Waals surface area contributed by atoms with E-state index in [9.17, 15) is 4.79 Å². The van der Waals surface area contributed by atoms with E-state index in [0.29, 0.717) is 34.9 Å². The van der Waals surface area contributed by atoms with Crippen molar-refractivity contribution in [2.45, 2.75) is 13.8 Å². The van der Waals surface area contributed by atoms with Crippen molar-refractivity contribution in [2.24, 2.45) is 0 Å². The molecule has 1 aromatic carbocycles. The minimum absolute atomic E-state index is 0.0619. The molecule has 0 aliphatic heterocycles. The van der Waals surface area contributed by atoms with Crippen LogP contribution in [0.25, 0.3) is 0 Å². The highest BCUT2D eigenvalue weighted by Gasteiger charge is 2.05. The molecule has 3 N–H and O–H groups in total. The van der Waals surface area contributed by atoms with Crippen molar-refractivity contribution in [3.05, 3.63) is 40.0 Å². The maximum Gasteiger partial charge on any atom is 0.229 e. The van der Waals surface area contributed by atoms with Crippen LogP contribution in [0.2, 0.25) is 10.0 Å². The lowest BCUT2D eigenvalue weighted by Gasteiger charge is -2.11. The highest BCUT2D eigenvalue weighted by atomic mass is 35.5. The van der Waals surface area contributed by atoms with E-state index in [-0.39, 0.29) is 5.91 Å². The maximum absolute atomic E-state index is 10.8. The van der Waals surface area contributed by atoms with Crippen LogP contribution in [0.4, 0.5) is 17.5 Å². The number of nitrogens with zero attached hydrogens (tertiary/aromatic N) is 2. The highest BCUT2D eigenvalue weighted by Crippen LogP contribution is 2.26. The third kappa shape index (κ3) is 5.26. The lowest BCUT2D eigenvalue weighted by Crippen LogP contribution is -2.26. The smallest absolute Gasteiger partial charge is 0.229 e. The molecule has 0 saturated heterocycles. The van der Waals surface area contributed by atoms with Gasteiger partial charge in [0.1, 0.15) is 5.82 Å². The summed E-state index contributed by atoms with van der Waals surface area (Å²) in [5.74, 6) is 1.08. The van der Waals surface area contributed by atoms with Crippen LogP contribution in [0.3, 0.4) is 0 Å². The van der Waals surface area contributed by atoms with Gasteiger partial charge in [0.2, 0.25) is 11.9 Å². The van der Waals surface area contributed by atoms with Crippen molar-refractivity contribution in [1.82, 2.24) is 15.3 Å². The Morgan fingerprint density at radius 2 is 2.00 bits per heavy atom. The number of carbonyl (C=O) groups is 1. The van der Waals surface area contributed by atoms with Gasteiger partial charge in [0.25, 0.3) is 0 Å². The van der Waals surface area contributed by atoms with Gasteiger partial charge in [-0.25, -0.2) is 4.98 Å². The number of benzene rings is 1. The van der Waals surface area contributed by atoms with E-state index < -0.39 is 0 Å². The van der Waals surface area contributed by atoms with Gasteiger partial charge in [-0.15, -0.1) is 0 Å². The molecule has 1 aromatic heterocycles. The number of aryl methyl sites for hydroxylation is 1. The molecule has 8 heteroatoms. The molecule has 0 spiro atoms. The van der Waals surface area contributed by atoms with Crippen molar-refractivity contribution in [1.29, 1.82) is 0 Å². The first-order valence-corrected chi connectivity index (χ1v) is 7.75. The Morgan fingerprint density at radius 1 is 1.22 bits per heavy atom. The zero-order valence-electron chi connectivity index (χ0n) is 12.8. The van der Waals surface area contributed by atoms with E-state index >= 15 is 0 Å². The number of rotatable bonds is 6. The predicted octanol–water partition coefficient (Wildman–Crippen LogP) is 3.38. The average molecular weight is 354 g/mol. The first-order valence-electron chi connectivity index (χ1n) is 6.99. The lowest BCUT2D eigenvalue weighted by atomic mass is 10.3. The fourth-order valence-corrected chi connectivity index (χ4v) is 2.10. The molecule has 0 aliphatic rings. The lowest BCUT2D eigenvalue weighted by molar-refractivity contribution is -0.118. The van der Waals surface area contributed by atoms with Crippen molar-refractivity contribution >= 4 is 46.6 Å². The van der Waals surface area contributed by atoms with Gasteiger partial charge in [-0.05, 0) is 25.1 Å². The largest absolute Gasteiger partial charge is 0.368 e. The zero-order valence-corrected chi connectivity index (χ0v) is 14.3. The van der Waals surface area contributed by atoms with Gasteiger partial charge in [-0.1, -0.05) is 23.2 Å². The quantitative estimate of drug-likeness (QED) is 0.693. The van der Waals surface area contributed by atoms with Crippen molar-refractivity contribution in [2.75, 3.05) is 23.7 Å². The Labute approximate surface area is 144 Å². The number of amides is 1. The monoisotopic (exact) mass is 353 g/mol. The summed E-state index contributed by atoms with van der Waals surface area (Å²) >= 11 is 11.9. The van der Waals surface area contributed by atoms with E-state index in [0.717, 1.165) is 11.3 Å². The molecule has 2 aromatic rings. The number of anilines is 3. The van der Waals surface area contributed by atoms with Crippen LogP contribution in [0.1, 0.15) is 12.5 Å². The molecular formula is C15H17Cl2N5O. The summed E-state index contributed by atoms with van der Waals surface area (Å²) in [6, 6.07) is 5.20. The van der Waals surface area contributed by atoms with Gasteiger partial charge in [0, 0.05) is 37.5 Å². The first-order chi connectivity index (χ1) is 11.0. The molecule has 2 rings (SSSR count). The van der Waals surface area contributed by atoms with Gasteiger partial charge in [-0.3, -0.25) is 4.79 Å². The predicted molar refractivity (Wildman–Crippen MR) is 93.7 cm³/mol. The second kappa shape index (κ2) is 7.99. The topological polar surface area (TPSA) is 78.9 Å². The maximum atomic E-state index is 10.8. The van der Waals surface area contributed by atoms with Crippen LogP contribution in [0.5, 0.6) is 0 Å². The van der Waals surface area contributed by atoms with Gasteiger partial charge >= 0.3 is 0 Å². The third-order valence-corrected chi connectivity index (χ3v) is 3.68. The summed E-state index contributed by atoms with van der Waals surface area (Å²) in [5, 5.41) is 9.89. The third-order valence-electron chi connectivity index (χ3n) is 2.94. The van der Waals surface area contributed by atoms with Crippen LogP contribution >= 0.6 is 23.2 Å². The molecule has 1 heterocycles. The van der Waals surface area contributed by atoms with E-state index in [4.69, 9.17) is 23.2 Å². The molecule has 0 bridgehead atoms. The fraction of sp³-hybridized carbons (Fsp3) is 0.267. The number of aromatic nitrogens is 2. The molecule has 23 heavy (non-hydrogen) atoms. The molecule has 0 fully saturated rings. The van der Waals surface area contributed by atoms with Gasteiger partial charge in [0.05, 0.1) is 10.0 Å². The van der Waals surface area contributed by atoms with E-state index in [1.807, 2.05) is 6.92 Å². The van der Waals surface area contributed by atoms with Crippen LogP contribution in [0, 0.1) is 6.92 Å². The second-order valence-electron chi connectivity index (χ2n) is 4.89. The number of hydrogen-bond acceptors (Lipinski definition) is 5. The highest BCUT2D eigenvalue weighted by molar-refractivity contribution is 6.42. The van der Waals surface area contributed by atoms with E-state index in [1.165, 1.54) is 6.92 Å². The first kappa shape index (κ1) is 17.3. The molecule has 1 amide bonds. The summed E-state index contributed by atoms with van der Waals surface area (Å²) in [5.41, 5.74) is 1.65. The SMILES string of the molecule is CC(=O)NCCNc1nc(Nc2ccc(Cl)c(Cl)c2)ncc1C. The Hall–Kier alpha value is -2.05. The summed E-state index contributed by atoms with van der Waals surface area (Å²) in [6.07, 6.45) is 1.72. The Balaban J connectivity index is 2.04. The van der Waals surface area contributed by atoms with E-state index in [2.05, 4.69) is 25.9 Å². The number of carbonyl (C=O) groups excluding carboxylic acids is 1. The minimum Gasteiger partial charge on any atom is -0.368 e. The molecule has 0 unspecified atom stereocenters. The van der Waals surface area contributed by atoms with Crippen LogP contribution in [-0.2, 0) is 4.79 Å². The fourth-order valence-electron chi connectivity index (χ4n) is 1.80. The van der Waals surface area contributed by atoms with Crippen LogP contribution in [0.15, 0.2) is 24.4 Å². The van der Waals surface area contributed by atoms with Crippen LogP contribution in [-0.4, -0.2) is 29.0 Å². The molecular weight excluding hydrogens is 337 g/mol. The average Bonchev–Trinajstić information content (AvgIpc) is 2.50. The van der Waals surface area contributed by atoms with E-state index in [1.54, 1.807) is 24.4 Å². The summed E-state index contributed by atoms with van der Waals surface area (Å²) in [6.45, 7) is 4.48. The normalized spacial score (nSPS) is 10.3. The van der Waals surface area contributed by atoms with Gasteiger partial charge in [-0.2, -0.15) is 4.98 Å². The molecule has 0 saturated carbocycles. The van der Waals surface area contributed by atoms with Crippen LogP contribution < -0.4 is 16.0 Å². The Morgan fingerprint density at radius 3 is 2.70 bits per heavy atom. The van der Waals surface area contributed by atoms with Gasteiger partial charge < -0.3 is 16.0 Å². The molecule has 0 atom stereocenters. The van der Waals surface area contributed by atoms with Gasteiger partial charge in [0.15, 0.2) is 0 Å². The molecule has 122 valence electrons. The molecule has 6 nitrogen and oxygen atoms in total. The summed E-state index contributed by atoms with van der Waals surface area (Å²) in [7, 11) is 0. The van der Waals surface area contributed by atoms with Crippen molar-refractivity contribution in [3.8, 4) is 0 Å². The van der Waals surface area contributed by atoms with Crippen molar-refractivity contribution < 1.29 is 4.79 Å². The Kier molecular flexibility index (Phi) is 6.01. The molecule has 0 aliphatic carbocycles. The number of halogens is 2. The molecule has 0 radical (unpaired) electrons. The summed E-state index contributed by atoms with van der Waals surface area (Å²) < 4.78 is 0. The second-order valence-corrected chi connectivity index (χ2v) is 5.70. The minimum atomic E-state index is -0.0619. The number of hydrogen-bond donors (Lipinski definition) is 3. The zero-order chi connectivity index (χ0) is 16.8.